The second-order valence-corrected chi connectivity index (χ2v) is 9.98. The lowest BCUT2D eigenvalue weighted by Gasteiger charge is -2.33. The first-order valence-corrected chi connectivity index (χ1v) is 12.5. The maximum atomic E-state index is 12.7. The molecule has 0 saturated carbocycles. The molecule has 1 aliphatic heterocycles. The van der Waals surface area contributed by atoms with E-state index < -0.39 is 0 Å². The van der Waals surface area contributed by atoms with Gasteiger partial charge in [0.1, 0.15) is 10.4 Å². The Kier molecular flexibility index (Phi) is 6.78. The summed E-state index contributed by atoms with van der Waals surface area (Å²) in [6.07, 6.45) is 3.24. The van der Waals surface area contributed by atoms with Crippen LogP contribution in [0.4, 0.5) is 0 Å². The predicted molar refractivity (Wildman–Crippen MR) is 127 cm³/mol. The van der Waals surface area contributed by atoms with Crippen LogP contribution in [-0.4, -0.2) is 50.3 Å². The molecule has 1 aliphatic rings. The summed E-state index contributed by atoms with van der Waals surface area (Å²) >= 11 is 8.00. The van der Waals surface area contributed by atoms with Crippen molar-refractivity contribution in [1.29, 1.82) is 0 Å². The summed E-state index contributed by atoms with van der Waals surface area (Å²) in [5, 5.41) is 0.419. The molecule has 1 aromatic carbocycles. The SMILES string of the molecule is CCOc1ccc(-n2c(=S)sc3c(=O)[nH]c(SCC(=O)N4CCCCC4C)nc32)cc1. The van der Waals surface area contributed by atoms with E-state index >= 15 is 0 Å². The van der Waals surface area contributed by atoms with Gasteiger partial charge in [-0.2, -0.15) is 0 Å². The van der Waals surface area contributed by atoms with Crippen LogP contribution in [-0.2, 0) is 4.79 Å². The van der Waals surface area contributed by atoms with E-state index in [1.165, 1.54) is 23.1 Å². The molecule has 164 valence electrons. The molecule has 1 fully saturated rings. The molecule has 3 heterocycles. The molecule has 2 aromatic heterocycles. The number of amides is 1. The van der Waals surface area contributed by atoms with Gasteiger partial charge in [0.2, 0.25) is 5.91 Å². The van der Waals surface area contributed by atoms with Gasteiger partial charge >= 0.3 is 0 Å². The number of hydrogen-bond acceptors (Lipinski definition) is 7. The zero-order valence-electron chi connectivity index (χ0n) is 17.4. The van der Waals surface area contributed by atoms with Crippen LogP contribution >= 0.6 is 35.3 Å². The maximum absolute atomic E-state index is 12.7. The van der Waals surface area contributed by atoms with Crippen LogP contribution in [0, 0.1) is 3.95 Å². The second-order valence-electron chi connectivity index (χ2n) is 7.37. The van der Waals surface area contributed by atoms with E-state index in [1.807, 2.05) is 36.1 Å². The maximum Gasteiger partial charge on any atom is 0.271 e. The summed E-state index contributed by atoms with van der Waals surface area (Å²) in [6.45, 7) is 5.41. The van der Waals surface area contributed by atoms with Gasteiger partial charge in [-0.05, 0) is 69.6 Å². The molecule has 0 bridgehead atoms. The number of H-pyrrole nitrogens is 1. The van der Waals surface area contributed by atoms with Crippen molar-refractivity contribution in [3.8, 4) is 11.4 Å². The number of ether oxygens (including phenoxy) is 1. The summed E-state index contributed by atoms with van der Waals surface area (Å²) < 4.78 is 8.30. The first-order chi connectivity index (χ1) is 15.0. The van der Waals surface area contributed by atoms with Crippen LogP contribution in [0.5, 0.6) is 5.75 Å². The Morgan fingerprint density at radius 1 is 1.35 bits per heavy atom. The minimum Gasteiger partial charge on any atom is -0.494 e. The van der Waals surface area contributed by atoms with Crippen molar-refractivity contribution in [2.75, 3.05) is 18.9 Å². The smallest absolute Gasteiger partial charge is 0.271 e. The van der Waals surface area contributed by atoms with Crippen LogP contribution in [0.25, 0.3) is 16.0 Å². The number of aromatic amines is 1. The molecule has 1 amide bonds. The fourth-order valence-electron chi connectivity index (χ4n) is 3.73. The molecule has 1 saturated heterocycles. The fourth-order valence-corrected chi connectivity index (χ4v) is 5.74. The molecule has 7 nitrogen and oxygen atoms in total. The summed E-state index contributed by atoms with van der Waals surface area (Å²) in [4.78, 5) is 34.7. The Morgan fingerprint density at radius 3 is 2.84 bits per heavy atom. The largest absolute Gasteiger partial charge is 0.494 e. The highest BCUT2D eigenvalue weighted by atomic mass is 32.2. The quantitative estimate of drug-likeness (QED) is 0.323. The first-order valence-electron chi connectivity index (χ1n) is 10.3. The highest BCUT2D eigenvalue weighted by Gasteiger charge is 2.23. The monoisotopic (exact) mass is 476 g/mol. The van der Waals surface area contributed by atoms with Gasteiger partial charge in [0.05, 0.1) is 12.4 Å². The van der Waals surface area contributed by atoms with Gasteiger partial charge in [0.25, 0.3) is 5.56 Å². The molecule has 1 unspecified atom stereocenters. The highest BCUT2D eigenvalue weighted by Crippen LogP contribution is 2.26. The number of fused-ring (bicyclic) bond motifs is 1. The molecule has 0 radical (unpaired) electrons. The van der Waals surface area contributed by atoms with E-state index in [-0.39, 0.29) is 23.3 Å². The van der Waals surface area contributed by atoms with E-state index in [0.29, 0.717) is 26.1 Å². The van der Waals surface area contributed by atoms with E-state index in [1.54, 1.807) is 4.57 Å². The molecule has 1 atom stereocenters. The number of thioether (sulfide) groups is 1. The number of piperidine rings is 1. The van der Waals surface area contributed by atoms with Crippen molar-refractivity contribution in [1.82, 2.24) is 19.4 Å². The number of nitrogens with zero attached hydrogens (tertiary/aromatic N) is 3. The van der Waals surface area contributed by atoms with Crippen LogP contribution < -0.4 is 10.3 Å². The van der Waals surface area contributed by atoms with Gasteiger partial charge in [0, 0.05) is 18.3 Å². The third-order valence-electron chi connectivity index (χ3n) is 5.28. The average Bonchev–Trinajstić information content (AvgIpc) is 3.10. The van der Waals surface area contributed by atoms with E-state index in [0.717, 1.165) is 37.2 Å². The molecule has 10 heteroatoms. The van der Waals surface area contributed by atoms with Gasteiger partial charge in [-0.1, -0.05) is 23.1 Å². The first kappa shape index (κ1) is 22.0. The van der Waals surface area contributed by atoms with Crippen molar-refractivity contribution in [2.24, 2.45) is 0 Å². The Labute approximate surface area is 193 Å². The Hall–Kier alpha value is -2.17. The molecule has 3 aromatic rings. The zero-order chi connectivity index (χ0) is 22.0. The summed E-state index contributed by atoms with van der Waals surface area (Å²) in [5.41, 5.74) is 1.07. The lowest BCUT2D eigenvalue weighted by Crippen LogP contribution is -2.43. The van der Waals surface area contributed by atoms with Gasteiger partial charge in [-0.25, -0.2) is 4.98 Å². The van der Waals surface area contributed by atoms with Crippen LogP contribution in [0.1, 0.15) is 33.1 Å². The number of thiazole rings is 1. The van der Waals surface area contributed by atoms with Crippen molar-refractivity contribution in [3.63, 3.8) is 0 Å². The third kappa shape index (κ3) is 4.70. The summed E-state index contributed by atoms with van der Waals surface area (Å²) in [7, 11) is 0. The standard InChI is InChI=1S/C21H24N4O3S3/c1-3-28-15-9-7-14(8-10-15)25-18-17(31-21(25)29)19(27)23-20(22-18)30-12-16(26)24-11-5-4-6-13(24)2/h7-10,13H,3-6,11-12H2,1-2H3,(H,22,23,27). The van der Waals surface area contributed by atoms with Crippen molar-refractivity contribution < 1.29 is 9.53 Å². The Balaban J connectivity index is 1.61. The minimum atomic E-state index is -0.243. The molecule has 0 aliphatic carbocycles. The Morgan fingerprint density at radius 2 is 2.13 bits per heavy atom. The number of carbonyl (C=O) groups excluding carboxylic acids is 1. The van der Waals surface area contributed by atoms with Gasteiger partial charge in [-0.3, -0.25) is 14.2 Å². The number of nitrogens with one attached hydrogen (secondary N) is 1. The molecule has 1 N–H and O–H groups in total. The zero-order valence-corrected chi connectivity index (χ0v) is 19.9. The molecule has 31 heavy (non-hydrogen) atoms. The molecular formula is C21H24N4O3S3. The Bertz CT molecular complexity index is 1200. The summed E-state index contributed by atoms with van der Waals surface area (Å²) in [5.74, 6) is 1.09. The average molecular weight is 477 g/mol. The lowest BCUT2D eigenvalue weighted by atomic mass is 10.0. The molecule has 0 spiro atoms. The van der Waals surface area contributed by atoms with Gasteiger partial charge < -0.3 is 14.6 Å². The number of hydrogen-bond donors (Lipinski definition) is 1. The van der Waals surface area contributed by atoms with Gasteiger partial charge in [0.15, 0.2) is 14.8 Å². The van der Waals surface area contributed by atoms with Crippen LogP contribution in [0.2, 0.25) is 0 Å². The lowest BCUT2D eigenvalue weighted by molar-refractivity contribution is -0.131. The normalized spacial score (nSPS) is 16.6. The number of rotatable bonds is 6. The molecule has 4 rings (SSSR count). The second kappa shape index (κ2) is 9.54. The molecular weight excluding hydrogens is 452 g/mol. The number of carbonyl (C=O) groups is 1. The van der Waals surface area contributed by atoms with E-state index in [9.17, 15) is 9.59 Å². The topological polar surface area (TPSA) is 80.2 Å². The minimum absolute atomic E-state index is 0.0774. The van der Waals surface area contributed by atoms with Crippen molar-refractivity contribution in [2.45, 2.75) is 44.3 Å². The van der Waals surface area contributed by atoms with E-state index in [4.69, 9.17) is 17.0 Å². The number of aromatic nitrogens is 3. The van der Waals surface area contributed by atoms with Crippen molar-refractivity contribution in [3.05, 3.63) is 38.6 Å². The number of benzene rings is 1. The predicted octanol–water partition coefficient (Wildman–Crippen LogP) is 4.40. The fraction of sp³-hybridized carbons (Fsp3) is 0.429. The van der Waals surface area contributed by atoms with Gasteiger partial charge in [-0.15, -0.1) is 0 Å². The van der Waals surface area contributed by atoms with E-state index in [2.05, 4.69) is 16.9 Å². The van der Waals surface area contributed by atoms with Crippen LogP contribution in [0.15, 0.2) is 34.2 Å². The van der Waals surface area contributed by atoms with Crippen LogP contribution in [0.3, 0.4) is 0 Å². The van der Waals surface area contributed by atoms with Crippen molar-refractivity contribution >= 4 is 51.6 Å². The summed E-state index contributed by atoms with van der Waals surface area (Å²) in [6, 6.07) is 7.78. The highest BCUT2D eigenvalue weighted by molar-refractivity contribution is 7.99. The third-order valence-corrected chi connectivity index (χ3v) is 7.50. The number of likely N-dealkylation sites (tertiary alicyclic amines) is 1.